The molecule has 5 heteroatoms. The smallest absolute Gasteiger partial charge is 0.251 e. The van der Waals surface area contributed by atoms with Gasteiger partial charge in [-0.2, -0.15) is 0 Å². The molecule has 1 N–H and O–H groups in total. The topological polar surface area (TPSA) is 49.4 Å². The van der Waals surface area contributed by atoms with E-state index >= 15 is 0 Å². The van der Waals surface area contributed by atoms with Crippen LogP contribution >= 0.6 is 11.6 Å². The predicted octanol–water partition coefficient (Wildman–Crippen LogP) is 4.00. The standard InChI is InChI=1S/C22H25ClN2O2/c1-16-3-2-4-18(15-16)22(27)24-20-11-13-25(14-12-20)21(26)10-7-17-5-8-19(23)9-6-17/h2-6,8-9,15,20H,7,10-14H2,1H3,(H,24,27). The summed E-state index contributed by atoms with van der Waals surface area (Å²) in [6, 6.07) is 15.3. The van der Waals surface area contributed by atoms with Crippen LogP contribution in [0.2, 0.25) is 5.02 Å². The Labute approximate surface area is 165 Å². The van der Waals surface area contributed by atoms with E-state index in [2.05, 4.69) is 5.32 Å². The third-order valence-corrected chi connectivity index (χ3v) is 5.26. The zero-order valence-electron chi connectivity index (χ0n) is 15.6. The number of carbonyl (C=O) groups excluding carboxylic acids is 2. The fraction of sp³-hybridized carbons (Fsp3) is 0.364. The van der Waals surface area contributed by atoms with Gasteiger partial charge in [-0.05, 0) is 56.0 Å². The van der Waals surface area contributed by atoms with Crippen molar-refractivity contribution < 1.29 is 9.59 Å². The number of halogens is 1. The summed E-state index contributed by atoms with van der Waals surface area (Å²) in [7, 11) is 0. The lowest BCUT2D eigenvalue weighted by molar-refractivity contribution is -0.132. The van der Waals surface area contributed by atoms with Crippen LogP contribution in [-0.4, -0.2) is 35.8 Å². The lowest BCUT2D eigenvalue weighted by Gasteiger charge is -2.32. The van der Waals surface area contributed by atoms with E-state index in [1.165, 1.54) is 0 Å². The second-order valence-corrected chi connectivity index (χ2v) is 7.56. The Morgan fingerprint density at radius 1 is 1.11 bits per heavy atom. The van der Waals surface area contributed by atoms with Crippen molar-refractivity contribution in [2.24, 2.45) is 0 Å². The minimum atomic E-state index is -0.0359. The van der Waals surface area contributed by atoms with Crippen LogP contribution in [0.4, 0.5) is 0 Å². The maximum absolute atomic E-state index is 12.4. The molecule has 1 aliphatic heterocycles. The zero-order valence-corrected chi connectivity index (χ0v) is 16.3. The van der Waals surface area contributed by atoms with Gasteiger partial charge in [0.05, 0.1) is 0 Å². The van der Waals surface area contributed by atoms with Gasteiger partial charge in [0, 0.05) is 36.1 Å². The molecule has 2 amide bonds. The molecule has 0 aliphatic carbocycles. The molecule has 1 saturated heterocycles. The van der Waals surface area contributed by atoms with E-state index in [9.17, 15) is 9.59 Å². The van der Waals surface area contributed by atoms with Crippen LogP contribution in [-0.2, 0) is 11.2 Å². The third kappa shape index (κ3) is 5.57. The lowest BCUT2D eigenvalue weighted by atomic mass is 10.0. The van der Waals surface area contributed by atoms with Crippen molar-refractivity contribution in [1.82, 2.24) is 10.2 Å². The average molecular weight is 385 g/mol. The van der Waals surface area contributed by atoms with E-state index in [0.717, 1.165) is 30.4 Å². The van der Waals surface area contributed by atoms with E-state index in [1.807, 2.05) is 60.4 Å². The minimum absolute atomic E-state index is 0.0359. The van der Waals surface area contributed by atoms with Crippen molar-refractivity contribution in [3.05, 3.63) is 70.2 Å². The van der Waals surface area contributed by atoms with Crippen LogP contribution in [0.25, 0.3) is 0 Å². The first-order chi connectivity index (χ1) is 13.0. The van der Waals surface area contributed by atoms with Crippen LogP contribution in [0.1, 0.15) is 40.7 Å². The number of aryl methyl sites for hydroxylation is 2. The maximum atomic E-state index is 12.4. The van der Waals surface area contributed by atoms with Gasteiger partial charge in [0.2, 0.25) is 5.91 Å². The molecule has 0 saturated carbocycles. The molecule has 0 atom stereocenters. The highest BCUT2D eigenvalue weighted by molar-refractivity contribution is 6.30. The van der Waals surface area contributed by atoms with Crippen molar-refractivity contribution in [3.8, 4) is 0 Å². The number of benzene rings is 2. The highest BCUT2D eigenvalue weighted by Gasteiger charge is 2.24. The van der Waals surface area contributed by atoms with Gasteiger partial charge in [-0.15, -0.1) is 0 Å². The fourth-order valence-electron chi connectivity index (χ4n) is 3.39. The summed E-state index contributed by atoms with van der Waals surface area (Å²) in [5.41, 5.74) is 2.88. The summed E-state index contributed by atoms with van der Waals surface area (Å²) in [6.45, 7) is 3.36. The van der Waals surface area contributed by atoms with E-state index in [0.29, 0.717) is 30.1 Å². The summed E-state index contributed by atoms with van der Waals surface area (Å²) in [5, 5.41) is 3.80. The molecule has 0 unspecified atom stereocenters. The summed E-state index contributed by atoms with van der Waals surface area (Å²) in [6.07, 6.45) is 2.82. The van der Waals surface area contributed by atoms with Crippen LogP contribution < -0.4 is 5.32 Å². The predicted molar refractivity (Wildman–Crippen MR) is 108 cm³/mol. The molecule has 1 fully saturated rings. The van der Waals surface area contributed by atoms with Gasteiger partial charge in [-0.3, -0.25) is 9.59 Å². The third-order valence-electron chi connectivity index (χ3n) is 5.00. The van der Waals surface area contributed by atoms with Gasteiger partial charge in [-0.25, -0.2) is 0 Å². The van der Waals surface area contributed by atoms with Crippen molar-refractivity contribution in [1.29, 1.82) is 0 Å². The summed E-state index contributed by atoms with van der Waals surface area (Å²) in [4.78, 5) is 26.7. The Morgan fingerprint density at radius 2 is 1.81 bits per heavy atom. The van der Waals surface area contributed by atoms with Gasteiger partial charge in [0.1, 0.15) is 0 Å². The molecule has 0 bridgehead atoms. The van der Waals surface area contributed by atoms with Crippen molar-refractivity contribution in [2.45, 2.75) is 38.6 Å². The Bertz CT molecular complexity index is 796. The quantitative estimate of drug-likeness (QED) is 0.846. The Hall–Kier alpha value is -2.33. The Kier molecular flexibility index (Phi) is 6.51. The Balaban J connectivity index is 1.43. The largest absolute Gasteiger partial charge is 0.349 e. The fourth-order valence-corrected chi connectivity index (χ4v) is 3.51. The molecule has 1 heterocycles. The van der Waals surface area contributed by atoms with Crippen LogP contribution in [0.5, 0.6) is 0 Å². The summed E-state index contributed by atoms with van der Waals surface area (Å²) in [5.74, 6) is 0.139. The number of carbonyl (C=O) groups is 2. The highest BCUT2D eigenvalue weighted by atomic mass is 35.5. The number of likely N-dealkylation sites (tertiary alicyclic amines) is 1. The van der Waals surface area contributed by atoms with Gasteiger partial charge < -0.3 is 10.2 Å². The van der Waals surface area contributed by atoms with Crippen molar-refractivity contribution in [2.75, 3.05) is 13.1 Å². The molecule has 1 aliphatic rings. The first-order valence-corrected chi connectivity index (χ1v) is 9.79. The van der Waals surface area contributed by atoms with Crippen LogP contribution in [0.3, 0.4) is 0 Å². The van der Waals surface area contributed by atoms with Gasteiger partial charge in [-0.1, -0.05) is 41.4 Å². The van der Waals surface area contributed by atoms with E-state index in [-0.39, 0.29) is 17.9 Å². The van der Waals surface area contributed by atoms with Crippen LogP contribution in [0, 0.1) is 6.92 Å². The average Bonchev–Trinajstić information content (AvgIpc) is 2.68. The molecule has 27 heavy (non-hydrogen) atoms. The van der Waals surface area contributed by atoms with Gasteiger partial charge >= 0.3 is 0 Å². The van der Waals surface area contributed by atoms with E-state index in [4.69, 9.17) is 11.6 Å². The number of rotatable bonds is 5. The van der Waals surface area contributed by atoms with Gasteiger partial charge in [0.25, 0.3) is 5.91 Å². The second-order valence-electron chi connectivity index (χ2n) is 7.12. The van der Waals surface area contributed by atoms with Gasteiger partial charge in [0.15, 0.2) is 0 Å². The molecule has 3 rings (SSSR count). The molecule has 2 aromatic rings. The molecule has 4 nitrogen and oxygen atoms in total. The number of piperidine rings is 1. The molecule has 142 valence electrons. The molecular formula is C22H25ClN2O2. The Morgan fingerprint density at radius 3 is 2.48 bits per heavy atom. The van der Waals surface area contributed by atoms with Crippen molar-refractivity contribution in [3.63, 3.8) is 0 Å². The zero-order chi connectivity index (χ0) is 19.2. The number of hydrogen-bond acceptors (Lipinski definition) is 2. The first-order valence-electron chi connectivity index (χ1n) is 9.41. The van der Waals surface area contributed by atoms with Crippen LogP contribution in [0.15, 0.2) is 48.5 Å². The first kappa shape index (κ1) is 19.4. The highest BCUT2D eigenvalue weighted by Crippen LogP contribution is 2.15. The number of nitrogens with zero attached hydrogens (tertiary/aromatic N) is 1. The van der Waals surface area contributed by atoms with Crippen molar-refractivity contribution >= 4 is 23.4 Å². The molecule has 2 aromatic carbocycles. The van der Waals surface area contributed by atoms with E-state index < -0.39 is 0 Å². The lowest BCUT2D eigenvalue weighted by Crippen LogP contribution is -2.46. The van der Waals surface area contributed by atoms with E-state index in [1.54, 1.807) is 0 Å². The maximum Gasteiger partial charge on any atom is 0.251 e. The second kappa shape index (κ2) is 9.05. The number of amides is 2. The minimum Gasteiger partial charge on any atom is -0.349 e. The molecule has 0 spiro atoms. The summed E-state index contributed by atoms with van der Waals surface area (Å²) >= 11 is 5.89. The molecular weight excluding hydrogens is 360 g/mol. The monoisotopic (exact) mass is 384 g/mol. The number of hydrogen-bond donors (Lipinski definition) is 1. The SMILES string of the molecule is Cc1cccc(C(=O)NC2CCN(C(=O)CCc3ccc(Cl)cc3)CC2)c1. The molecule has 0 aromatic heterocycles. The number of nitrogens with one attached hydrogen (secondary N) is 1. The normalized spacial score (nSPS) is 14.8. The molecule has 0 radical (unpaired) electrons. The summed E-state index contributed by atoms with van der Waals surface area (Å²) < 4.78 is 0.